The molecule has 1 aliphatic heterocycles. The van der Waals surface area contributed by atoms with Crippen LogP contribution in [0.15, 0.2) is 0 Å². The van der Waals surface area contributed by atoms with Crippen molar-refractivity contribution in [3.63, 3.8) is 0 Å². The van der Waals surface area contributed by atoms with Crippen LogP contribution < -0.4 is 5.32 Å². The Morgan fingerprint density at radius 1 is 1.29 bits per heavy atom. The highest BCUT2D eigenvalue weighted by Crippen LogP contribution is 2.41. The molecule has 1 heteroatoms. The zero-order chi connectivity index (χ0) is 11.2. The molecule has 86 valence electrons. The average molecular weight is 199 g/mol. The molecule has 1 nitrogen and oxygen atoms in total. The van der Waals surface area contributed by atoms with Gasteiger partial charge >= 0.3 is 0 Å². The minimum atomic E-state index is 0.642. The standard InChI is InChI=1S/C11H23N.C2H6/c1-5-7-11(6-2)8-12-10(11)9(3)4;1-2/h9-10,12H,5-8H2,1-4H3;1-2H3. The topological polar surface area (TPSA) is 12.0 Å². The lowest BCUT2D eigenvalue weighted by Crippen LogP contribution is -2.64. The van der Waals surface area contributed by atoms with Crippen molar-refractivity contribution in [2.45, 2.75) is 66.8 Å². The average Bonchev–Trinajstić information content (AvgIpc) is 2.14. The molecule has 0 aromatic carbocycles. The highest BCUT2D eigenvalue weighted by molar-refractivity contribution is 5.01. The second-order valence-corrected chi connectivity index (χ2v) is 4.57. The van der Waals surface area contributed by atoms with Gasteiger partial charge in [-0.25, -0.2) is 0 Å². The van der Waals surface area contributed by atoms with Gasteiger partial charge < -0.3 is 5.32 Å². The van der Waals surface area contributed by atoms with E-state index in [1.54, 1.807) is 0 Å². The van der Waals surface area contributed by atoms with Gasteiger partial charge in [0, 0.05) is 12.6 Å². The van der Waals surface area contributed by atoms with Crippen LogP contribution in [0.4, 0.5) is 0 Å². The molecule has 1 saturated heterocycles. The van der Waals surface area contributed by atoms with E-state index in [4.69, 9.17) is 0 Å². The van der Waals surface area contributed by atoms with Crippen LogP contribution in [-0.4, -0.2) is 12.6 Å². The Kier molecular flexibility index (Phi) is 6.43. The van der Waals surface area contributed by atoms with Gasteiger partial charge in [0.1, 0.15) is 0 Å². The number of nitrogens with one attached hydrogen (secondary N) is 1. The highest BCUT2D eigenvalue weighted by Gasteiger charge is 2.45. The Bertz CT molecular complexity index is 138. The van der Waals surface area contributed by atoms with Gasteiger partial charge in [-0.3, -0.25) is 0 Å². The van der Waals surface area contributed by atoms with Gasteiger partial charge in [0.15, 0.2) is 0 Å². The molecule has 0 aromatic heterocycles. The van der Waals surface area contributed by atoms with Crippen LogP contribution >= 0.6 is 0 Å². The van der Waals surface area contributed by atoms with Crippen LogP contribution in [0.25, 0.3) is 0 Å². The molecular weight excluding hydrogens is 170 g/mol. The zero-order valence-corrected chi connectivity index (χ0v) is 11.0. The van der Waals surface area contributed by atoms with Gasteiger partial charge in [-0.1, -0.05) is 48.0 Å². The summed E-state index contributed by atoms with van der Waals surface area (Å²) in [7, 11) is 0. The Morgan fingerprint density at radius 2 is 1.86 bits per heavy atom. The van der Waals surface area contributed by atoms with Gasteiger partial charge in [0.2, 0.25) is 0 Å². The van der Waals surface area contributed by atoms with E-state index in [9.17, 15) is 0 Å². The molecule has 0 radical (unpaired) electrons. The van der Waals surface area contributed by atoms with Gasteiger partial charge in [-0.15, -0.1) is 0 Å². The van der Waals surface area contributed by atoms with Crippen molar-refractivity contribution in [2.24, 2.45) is 11.3 Å². The Hall–Kier alpha value is -0.0400. The van der Waals surface area contributed by atoms with Crippen LogP contribution in [0, 0.1) is 11.3 Å². The van der Waals surface area contributed by atoms with Gasteiger partial charge in [-0.05, 0) is 24.2 Å². The highest BCUT2D eigenvalue weighted by atomic mass is 15.0. The third-order valence-corrected chi connectivity index (χ3v) is 3.45. The van der Waals surface area contributed by atoms with Crippen molar-refractivity contribution in [3.05, 3.63) is 0 Å². The summed E-state index contributed by atoms with van der Waals surface area (Å²) in [6.45, 7) is 14.5. The first-order valence-corrected chi connectivity index (χ1v) is 6.39. The maximum Gasteiger partial charge on any atom is 0.0159 e. The molecule has 1 heterocycles. The third kappa shape index (κ3) is 2.73. The Labute approximate surface area is 90.7 Å². The molecule has 1 N–H and O–H groups in total. The van der Waals surface area contributed by atoms with Crippen LogP contribution in [0.3, 0.4) is 0 Å². The summed E-state index contributed by atoms with van der Waals surface area (Å²) in [5.74, 6) is 0.797. The predicted molar refractivity (Wildman–Crippen MR) is 65.6 cm³/mol. The van der Waals surface area contributed by atoms with Gasteiger partial charge in [-0.2, -0.15) is 0 Å². The first kappa shape index (κ1) is 14.0. The van der Waals surface area contributed by atoms with E-state index in [2.05, 4.69) is 33.0 Å². The van der Waals surface area contributed by atoms with Crippen LogP contribution in [0.5, 0.6) is 0 Å². The largest absolute Gasteiger partial charge is 0.313 e. The molecule has 0 amide bonds. The summed E-state index contributed by atoms with van der Waals surface area (Å²) in [6.07, 6.45) is 4.08. The van der Waals surface area contributed by atoms with Crippen molar-refractivity contribution in [3.8, 4) is 0 Å². The van der Waals surface area contributed by atoms with E-state index in [1.807, 2.05) is 13.8 Å². The molecule has 1 fully saturated rings. The lowest BCUT2D eigenvalue weighted by molar-refractivity contribution is 0.0344. The van der Waals surface area contributed by atoms with Gasteiger partial charge in [0.05, 0.1) is 0 Å². The first-order valence-electron chi connectivity index (χ1n) is 6.39. The maximum atomic E-state index is 3.57. The molecule has 0 saturated carbocycles. The van der Waals surface area contributed by atoms with E-state index in [-0.39, 0.29) is 0 Å². The van der Waals surface area contributed by atoms with Crippen LogP contribution in [0.2, 0.25) is 0 Å². The second-order valence-electron chi connectivity index (χ2n) is 4.57. The fourth-order valence-corrected chi connectivity index (χ4v) is 2.71. The van der Waals surface area contributed by atoms with Gasteiger partial charge in [0.25, 0.3) is 0 Å². The summed E-state index contributed by atoms with van der Waals surface area (Å²) in [4.78, 5) is 0. The van der Waals surface area contributed by atoms with Crippen molar-refractivity contribution in [1.82, 2.24) is 5.32 Å². The SMILES string of the molecule is CC.CCCC1(CC)CNC1C(C)C. The lowest BCUT2D eigenvalue weighted by atomic mass is 9.65. The smallest absolute Gasteiger partial charge is 0.0159 e. The molecule has 1 rings (SSSR count). The summed E-state index contributed by atoms with van der Waals surface area (Å²) in [6, 6.07) is 0.780. The second kappa shape index (κ2) is 6.44. The van der Waals surface area contributed by atoms with Crippen LogP contribution in [-0.2, 0) is 0 Å². The summed E-state index contributed by atoms with van der Waals surface area (Å²) in [5, 5.41) is 3.57. The lowest BCUT2D eigenvalue weighted by Gasteiger charge is -2.52. The quantitative estimate of drug-likeness (QED) is 0.725. The number of hydrogen-bond acceptors (Lipinski definition) is 1. The summed E-state index contributed by atoms with van der Waals surface area (Å²) < 4.78 is 0. The third-order valence-electron chi connectivity index (χ3n) is 3.45. The normalized spacial score (nSPS) is 30.6. The fraction of sp³-hybridized carbons (Fsp3) is 1.00. The van der Waals surface area contributed by atoms with Crippen molar-refractivity contribution >= 4 is 0 Å². The minimum absolute atomic E-state index is 0.642. The minimum Gasteiger partial charge on any atom is -0.313 e. The summed E-state index contributed by atoms with van der Waals surface area (Å²) >= 11 is 0. The monoisotopic (exact) mass is 199 g/mol. The summed E-state index contributed by atoms with van der Waals surface area (Å²) in [5.41, 5.74) is 0.642. The van der Waals surface area contributed by atoms with Crippen molar-refractivity contribution < 1.29 is 0 Å². The molecular formula is C13H29N. The molecule has 1 aliphatic rings. The number of hydrogen-bond donors (Lipinski definition) is 1. The van der Waals surface area contributed by atoms with E-state index < -0.39 is 0 Å². The molecule has 0 aromatic rings. The number of rotatable bonds is 4. The Balaban J connectivity index is 0.000000791. The maximum absolute atomic E-state index is 3.57. The van der Waals surface area contributed by atoms with Crippen LogP contribution in [0.1, 0.15) is 60.8 Å². The molecule has 2 atom stereocenters. The fourth-order valence-electron chi connectivity index (χ4n) is 2.71. The van der Waals surface area contributed by atoms with E-state index in [1.165, 1.54) is 25.8 Å². The van der Waals surface area contributed by atoms with Crippen molar-refractivity contribution in [1.29, 1.82) is 0 Å². The van der Waals surface area contributed by atoms with E-state index >= 15 is 0 Å². The molecule has 0 aliphatic carbocycles. The zero-order valence-electron chi connectivity index (χ0n) is 11.0. The molecule has 0 spiro atoms. The Morgan fingerprint density at radius 3 is 2.07 bits per heavy atom. The van der Waals surface area contributed by atoms with Crippen molar-refractivity contribution in [2.75, 3.05) is 6.54 Å². The molecule has 0 bridgehead atoms. The first-order chi connectivity index (χ1) is 6.66. The molecule has 2 unspecified atom stereocenters. The predicted octanol–water partition coefficient (Wildman–Crippen LogP) is 3.84. The van der Waals surface area contributed by atoms with E-state index in [0.29, 0.717) is 5.41 Å². The molecule has 14 heavy (non-hydrogen) atoms. The van der Waals surface area contributed by atoms with E-state index in [0.717, 1.165) is 12.0 Å².